The number of morpholine rings is 1. The average molecular weight is 312 g/mol. The van der Waals surface area contributed by atoms with Crippen LogP contribution >= 0.6 is 11.6 Å². The molecule has 1 aromatic carbocycles. The number of nitrogens with zero attached hydrogens (tertiary/aromatic N) is 1. The lowest BCUT2D eigenvalue weighted by Gasteiger charge is -2.35. The zero-order valence-electron chi connectivity index (χ0n) is 12.4. The molecule has 0 aliphatic carbocycles. The maximum Gasteiger partial charge on any atom is 0.241 e. The van der Waals surface area contributed by atoms with Crippen molar-refractivity contribution in [3.8, 4) is 0 Å². The van der Waals surface area contributed by atoms with E-state index in [0.717, 1.165) is 13.1 Å². The number of nitrogens with two attached hydrogens (primary N) is 1. The van der Waals surface area contributed by atoms with E-state index in [2.05, 4.69) is 24.1 Å². The molecule has 0 aromatic heterocycles. The third-order valence-electron chi connectivity index (χ3n) is 3.60. The molecule has 0 spiro atoms. The van der Waals surface area contributed by atoms with E-state index in [1.165, 1.54) is 0 Å². The highest BCUT2D eigenvalue weighted by Crippen LogP contribution is 2.23. The van der Waals surface area contributed by atoms with Crippen LogP contribution in [0.4, 0.5) is 11.4 Å². The van der Waals surface area contributed by atoms with Gasteiger partial charge in [0.1, 0.15) is 0 Å². The Morgan fingerprint density at radius 1 is 1.38 bits per heavy atom. The van der Waals surface area contributed by atoms with Gasteiger partial charge in [-0.2, -0.15) is 0 Å². The third-order valence-corrected chi connectivity index (χ3v) is 3.95. The summed E-state index contributed by atoms with van der Waals surface area (Å²) in [4.78, 5) is 14.8. The van der Waals surface area contributed by atoms with Crippen molar-refractivity contribution in [1.29, 1.82) is 0 Å². The number of hydrogen-bond donors (Lipinski definition) is 2. The molecule has 1 aromatic rings. The van der Waals surface area contributed by atoms with Crippen LogP contribution in [0.15, 0.2) is 18.2 Å². The molecule has 1 saturated heterocycles. The minimum Gasteiger partial charge on any atom is -0.397 e. The summed E-state index contributed by atoms with van der Waals surface area (Å²) in [5, 5.41) is 3.42. The molecule has 0 saturated carbocycles. The first kappa shape index (κ1) is 16.1. The van der Waals surface area contributed by atoms with E-state index in [1.54, 1.807) is 18.2 Å². The van der Waals surface area contributed by atoms with Gasteiger partial charge in [0.15, 0.2) is 0 Å². The van der Waals surface area contributed by atoms with E-state index in [-0.39, 0.29) is 17.9 Å². The molecule has 1 atom stereocenters. The molecule has 1 aliphatic heterocycles. The number of hydrogen-bond acceptors (Lipinski definition) is 4. The van der Waals surface area contributed by atoms with E-state index >= 15 is 0 Å². The number of nitrogens with one attached hydrogen (secondary N) is 1. The molecule has 6 heteroatoms. The Kier molecular flexibility index (Phi) is 5.45. The summed E-state index contributed by atoms with van der Waals surface area (Å²) >= 11 is 5.89. The van der Waals surface area contributed by atoms with Gasteiger partial charge in [-0.3, -0.25) is 9.69 Å². The molecular formula is C15H22ClN3O2. The first-order valence-electron chi connectivity index (χ1n) is 7.16. The minimum atomic E-state index is -0.175. The van der Waals surface area contributed by atoms with E-state index < -0.39 is 0 Å². The van der Waals surface area contributed by atoms with Crippen LogP contribution < -0.4 is 11.1 Å². The molecule has 116 valence electrons. The van der Waals surface area contributed by atoms with E-state index in [0.29, 0.717) is 29.6 Å². The van der Waals surface area contributed by atoms with Crippen molar-refractivity contribution in [2.24, 2.45) is 5.92 Å². The van der Waals surface area contributed by atoms with Crippen molar-refractivity contribution in [2.45, 2.75) is 19.9 Å². The van der Waals surface area contributed by atoms with Crippen molar-refractivity contribution < 1.29 is 9.53 Å². The molecule has 1 amide bonds. The molecule has 2 rings (SSSR count). The Morgan fingerprint density at radius 2 is 2.05 bits per heavy atom. The third kappa shape index (κ3) is 4.09. The topological polar surface area (TPSA) is 67.6 Å². The molecule has 1 aliphatic rings. The van der Waals surface area contributed by atoms with Gasteiger partial charge in [0.25, 0.3) is 0 Å². The summed E-state index contributed by atoms with van der Waals surface area (Å²) < 4.78 is 5.35. The molecule has 1 fully saturated rings. The highest BCUT2D eigenvalue weighted by Gasteiger charge is 2.30. The first-order chi connectivity index (χ1) is 9.99. The second kappa shape index (κ2) is 7.11. The van der Waals surface area contributed by atoms with Crippen LogP contribution in [-0.2, 0) is 9.53 Å². The summed E-state index contributed by atoms with van der Waals surface area (Å²) in [7, 11) is 0. The Morgan fingerprint density at radius 3 is 2.62 bits per heavy atom. The number of carbonyl (C=O) groups excluding carboxylic acids is 1. The van der Waals surface area contributed by atoms with Gasteiger partial charge in [-0.25, -0.2) is 0 Å². The molecule has 1 heterocycles. The number of nitrogen functional groups attached to an aromatic ring is 1. The van der Waals surface area contributed by atoms with Crippen molar-refractivity contribution >= 4 is 28.9 Å². The van der Waals surface area contributed by atoms with Crippen LogP contribution in [0.3, 0.4) is 0 Å². The molecule has 0 bridgehead atoms. The Balaban J connectivity index is 2.09. The lowest BCUT2D eigenvalue weighted by molar-refractivity contribution is -0.124. The number of carbonyl (C=O) groups is 1. The summed E-state index contributed by atoms with van der Waals surface area (Å²) in [6.07, 6.45) is 0. The zero-order chi connectivity index (χ0) is 15.4. The Bertz CT molecular complexity index is 502. The van der Waals surface area contributed by atoms with Crippen LogP contribution in [0.5, 0.6) is 0 Å². The summed E-state index contributed by atoms with van der Waals surface area (Å²) in [5.74, 6) is 0.196. The van der Waals surface area contributed by atoms with Crippen molar-refractivity contribution in [1.82, 2.24) is 4.90 Å². The van der Waals surface area contributed by atoms with Gasteiger partial charge >= 0.3 is 0 Å². The Hall–Kier alpha value is -1.30. The van der Waals surface area contributed by atoms with Gasteiger partial charge < -0.3 is 15.8 Å². The van der Waals surface area contributed by atoms with Crippen molar-refractivity contribution in [2.75, 3.05) is 37.4 Å². The fourth-order valence-electron chi connectivity index (χ4n) is 2.58. The first-order valence-corrected chi connectivity index (χ1v) is 7.54. The van der Waals surface area contributed by atoms with E-state index in [4.69, 9.17) is 22.1 Å². The second-order valence-corrected chi connectivity index (χ2v) is 5.97. The second-order valence-electron chi connectivity index (χ2n) is 5.56. The largest absolute Gasteiger partial charge is 0.397 e. The lowest BCUT2D eigenvalue weighted by Crippen LogP contribution is -2.51. The van der Waals surface area contributed by atoms with Gasteiger partial charge in [0, 0.05) is 18.8 Å². The van der Waals surface area contributed by atoms with Crippen LogP contribution in [0, 0.1) is 5.92 Å². The fourth-order valence-corrected chi connectivity index (χ4v) is 2.70. The number of anilines is 2. The Labute approximate surface area is 130 Å². The fraction of sp³-hybridized carbons (Fsp3) is 0.533. The predicted octanol–water partition coefficient (Wildman–Crippen LogP) is 2.22. The molecule has 5 nitrogen and oxygen atoms in total. The van der Waals surface area contributed by atoms with Gasteiger partial charge in [0.05, 0.1) is 30.0 Å². The van der Waals surface area contributed by atoms with Crippen LogP contribution in [0.1, 0.15) is 13.8 Å². The number of halogens is 1. The zero-order valence-corrected chi connectivity index (χ0v) is 13.2. The number of amides is 1. The average Bonchev–Trinajstić information content (AvgIpc) is 2.44. The van der Waals surface area contributed by atoms with Crippen molar-refractivity contribution in [3.05, 3.63) is 23.2 Å². The van der Waals surface area contributed by atoms with Gasteiger partial charge in [-0.15, -0.1) is 0 Å². The van der Waals surface area contributed by atoms with Gasteiger partial charge in [0.2, 0.25) is 5.91 Å². The van der Waals surface area contributed by atoms with Gasteiger partial charge in [-0.05, 0) is 24.1 Å². The quantitative estimate of drug-likeness (QED) is 0.837. The van der Waals surface area contributed by atoms with E-state index in [9.17, 15) is 4.79 Å². The molecule has 3 N–H and O–H groups in total. The smallest absolute Gasteiger partial charge is 0.241 e. The summed E-state index contributed by atoms with van der Waals surface area (Å²) in [6.45, 7) is 7.00. The monoisotopic (exact) mass is 311 g/mol. The molecule has 0 radical (unpaired) electrons. The lowest BCUT2D eigenvalue weighted by atomic mass is 10.0. The van der Waals surface area contributed by atoms with Gasteiger partial charge in [-0.1, -0.05) is 25.4 Å². The maximum absolute atomic E-state index is 12.6. The normalized spacial score (nSPS) is 17.7. The SMILES string of the molecule is CC(C)C(C(=O)Nc1ccc(Cl)c(N)c1)N1CCOCC1. The van der Waals surface area contributed by atoms with Crippen LogP contribution in [0.2, 0.25) is 5.02 Å². The van der Waals surface area contributed by atoms with Crippen molar-refractivity contribution in [3.63, 3.8) is 0 Å². The summed E-state index contributed by atoms with van der Waals surface area (Å²) in [6, 6.07) is 4.95. The standard InChI is InChI=1S/C15H22ClN3O2/c1-10(2)14(19-5-7-21-8-6-19)15(20)18-11-3-4-12(16)13(17)9-11/h3-4,9-10,14H,5-8,17H2,1-2H3,(H,18,20). The molecular weight excluding hydrogens is 290 g/mol. The number of rotatable bonds is 4. The number of benzene rings is 1. The van der Waals surface area contributed by atoms with Crippen LogP contribution in [-0.4, -0.2) is 43.2 Å². The highest BCUT2D eigenvalue weighted by molar-refractivity contribution is 6.33. The number of ether oxygens (including phenoxy) is 1. The molecule has 21 heavy (non-hydrogen) atoms. The highest BCUT2D eigenvalue weighted by atomic mass is 35.5. The van der Waals surface area contributed by atoms with Crippen LogP contribution in [0.25, 0.3) is 0 Å². The van der Waals surface area contributed by atoms with E-state index in [1.807, 2.05) is 0 Å². The maximum atomic E-state index is 12.6. The predicted molar refractivity (Wildman–Crippen MR) is 85.5 cm³/mol. The molecule has 1 unspecified atom stereocenters. The summed E-state index contributed by atoms with van der Waals surface area (Å²) in [5.41, 5.74) is 6.89. The minimum absolute atomic E-state index is 0.0198.